The molecule has 24 heavy (non-hydrogen) atoms. The first-order valence-corrected chi connectivity index (χ1v) is 7.77. The average Bonchev–Trinajstić information content (AvgIpc) is 2.55. The summed E-state index contributed by atoms with van der Waals surface area (Å²) in [5, 5.41) is 0. The number of hydrogen-bond donors (Lipinski definition) is 0. The zero-order chi connectivity index (χ0) is 17.9. The number of benzene rings is 1. The summed E-state index contributed by atoms with van der Waals surface area (Å²) in [6.45, 7) is 11.4. The maximum Gasteiger partial charge on any atom is 0.333 e. The number of rotatable bonds is 10. The van der Waals surface area contributed by atoms with Gasteiger partial charge in [0.25, 0.3) is 0 Å². The molecule has 0 fully saturated rings. The van der Waals surface area contributed by atoms with Crippen molar-refractivity contribution in [3.05, 3.63) is 54.1 Å². The van der Waals surface area contributed by atoms with Gasteiger partial charge in [0.05, 0.1) is 19.8 Å². The zero-order valence-corrected chi connectivity index (χ0v) is 14.3. The molecule has 0 heterocycles. The van der Waals surface area contributed by atoms with Crippen LogP contribution in [-0.4, -0.2) is 31.8 Å². The topological polar surface area (TPSA) is 61.8 Å². The van der Waals surface area contributed by atoms with Gasteiger partial charge in [-0.05, 0) is 31.5 Å². The molecular formula is C19H24O5. The molecule has 0 saturated carbocycles. The molecule has 0 radical (unpaired) electrons. The van der Waals surface area contributed by atoms with Crippen LogP contribution in [0.15, 0.2) is 48.6 Å². The van der Waals surface area contributed by atoms with Gasteiger partial charge >= 0.3 is 11.9 Å². The molecule has 1 aromatic rings. The van der Waals surface area contributed by atoms with Gasteiger partial charge in [0, 0.05) is 24.0 Å². The van der Waals surface area contributed by atoms with E-state index >= 15 is 0 Å². The fourth-order valence-electron chi connectivity index (χ4n) is 1.67. The van der Waals surface area contributed by atoms with E-state index in [2.05, 4.69) is 13.2 Å². The second-order valence-electron chi connectivity index (χ2n) is 5.43. The third kappa shape index (κ3) is 7.63. The normalized spacial score (nSPS) is 9.92. The Bertz CT molecular complexity index is 586. The van der Waals surface area contributed by atoms with E-state index in [4.69, 9.17) is 14.2 Å². The van der Waals surface area contributed by atoms with Crippen molar-refractivity contribution in [3.8, 4) is 5.75 Å². The Kier molecular flexibility index (Phi) is 8.33. The molecule has 1 rings (SSSR count). The van der Waals surface area contributed by atoms with E-state index in [-0.39, 0.29) is 11.9 Å². The summed E-state index contributed by atoms with van der Waals surface area (Å²) in [6, 6.07) is 7.56. The minimum atomic E-state index is -0.383. The summed E-state index contributed by atoms with van der Waals surface area (Å²) in [7, 11) is 0. The molecule has 0 bridgehead atoms. The molecule has 0 aromatic heterocycles. The Morgan fingerprint density at radius 2 is 1.42 bits per heavy atom. The van der Waals surface area contributed by atoms with Gasteiger partial charge in [-0.1, -0.05) is 25.3 Å². The number of carbonyl (C=O) groups excluding carboxylic acids is 2. The van der Waals surface area contributed by atoms with Crippen LogP contribution in [-0.2, 0) is 25.5 Å². The quantitative estimate of drug-likeness (QED) is 0.374. The molecule has 0 N–H and O–H groups in total. The minimum absolute atomic E-state index is 0.303. The lowest BCUT2D eigenvalue weighted by atomic mass is 10.1. The molecule has 0 spiro atoms. The second kappa shape index (κ2) is 10.3. The summed E-state index contributed by atoms with van der Waals surface area (Å²) in [5.74, 6) is -0.0158. The molecule has 0 atom stereocenters. The SMILES string of the molecule is C=C(C)C(=O)OCCCOc1ccc(CCOC(=O)C(=C)C)cc1. The first-order valence-electron chi connectivity index (χ1n) is 7.77. The first kappa shape index (κ1) is 19.5. The molecule has 130 valence electrons. The third-order valence-corrected chi connectivity index (χ3v) is 3.03. The third-order valence-electron chi connectivity index (χ3n) is 3.03. The van der Waals surface area contributed by atoms with Crippen LogP contribution in [0.25, 0.3) is 0 Å². The average molecular weight is 332 g/mol. The van der Waals surface area contributed by atoms with E-state index in [0.29, 0.717) is 43.8 Å². The first-order chi connectivity index (χ1) is 11.4. The van der Waals surface area contributed by atoms with Gasteiger partial charge in [-0.25, -0.2) is 9.59 Å². The highest BCUT2D eigenvalue weighted by molar-refractivity contribution is 5.87. The van der Waals surface area contributed by atoms with Crippen LogP contribution in [0.4, 0.5) is 0 Å². The fraction of sp³-hybridized carbons (Fsp3) is 0.368. The van der Waals surface area contributed by atoms with Crippen molar-refractivity contribution in [1.82, 2.24) is 0 Å². The van der Waals surface area contributed by atoms with Crippen molar-refractivity contribution in [3.63, 3.8) is 0 Å². The van der Waals surface area contributed by atoms with Crippen LogP contribution in [0.2, 0.25) is 0 Å². The predicted octanol–water partition coefficient (Wildman–Crippen LogP) is 3.24. The number of carbonyl (C=O) groups is 2. The Balaban J connectivity index is 2.22. The molecule has 5 heteroatoms. The highest BCUT2D eigenvalue weighted by Crippen LogP contribution is 2.13. The van der Waals surface area contributed by atoms with E-state index in [1.165, 1.54) is 0 Å². The minimum Gasteiger partial charge on any atom is -0.493 e. The smallest absolute Gasteiger partial charge is 0.333 e. The Labute approximate surface area is 142 Å². The van der Waals surface area contributed by atoms with Crippen molar-refractivity contribution >= 4 is 11.9 Å². The van der Waals surface area contributed by atoms with Crippen LogP contribution in [0.5, 0.6) is 5.75 Å². The van der Waals surface area contributed by atoms with Gasteiger partial charge in [-0.3, -0.25) is 0 Å². The highest BCUT2D eigenvalue weighted by atomic mass is 16.5. The molecule has 0 aliphatic heterocycles. The van der Waals surface area contributed by atoms with Crippen LogP contribution in [0, 0.1) is 0 Å². The van der Waals surface area contributed by atoms with E-state index < -0.39 is 0 Å². The molecular weight excluding hydrogens is 308 g/mol. The van der Waals surface area contributed by atoms with Crippen LogP contribution >= 0.6 is 0 Å². The molecule has 1 aromatic carbocycles. The number of hydrogen-bond acceptors (Lipinski definition) is 5. The largest absolute Gasteiger partial charge is 0.493 e. The maximum atomic E-state index is 11.3. The Morgan fingerprint density at radius 1 is 0.875 bits per heavy atom. The van der Waals surface area contributed by atoms with Gasteiger partial charge in [-0.2, -0.15) is 0 Å². The van der Waals surface area contributed by atoms with Gasteiger partial charge in [0.2, 0.25) is 0 Å². The molecule has 0 aliphatic carbocycles. The van der Waals surface area contributed by atoms with Crippen molar-refractivity contribution in [2.24, 2.45) is 0 Å². The summed E-state index contributed by atoms with van der Waals surface area (Å²) >= 11 is 0. The fourth-order valence-corrected chi connectivity index (χ4v) is 1.67. The van der Waals surface area contributed by atoms with E-state index in [1.807, 2.05) is 24.3 Å². The summed E-state index contributed by atoms with van der Waals surface area (Å²) < 4.78 is 15.6. The lowest BCUT2D eigenvalue weighted by Gasteiger charge is -2.08. The summed E-state index contributed by atoms with van der Waals surface area (Å²) in [4.78, 5) is 22.4. The summed E-state index contributed by atoms with van der Waals surface area (Å²) in [5.41, 5.74) is 1.83. The van der Waals surface area contributed by atoms with Crippen molar-refractivity contribution in [2.75, 3.05) is 19.8 Å². The molecule has 5 nitrogen and oxygen atoms in total. The number of esters is 2. The second-order valence-corrected chi connectivity index (χ2v) is 5.43. The maximum absolute atomic E-state index is 11.3. The monoisotopic (exact) mass is 332 g/mol. The van der Waals surface area contributed by atoms with Crippen molar-refractivity contribution in [2.45, 2.75) is 26.7 Å². The zero-order valence-electron chi connectivity index (χ0n) is 14.3. The molecule has 0 amide bonds. The standard InChI is InChI=1S/C19H24O5/c1-14(2)18(20)23-12-5-11-22-17-8-6-16(7-9-17)10-13-24-19(21)15(3)4/h6-9H,1,3,5,10-13H2,2,4H3. The van der Waals surface area contributed by atoms with Crippen molar-refractivity contribution < 1.29 is 23.8 Å². The van der Waals surface area contributed by atoms with Crippen LogP contribution in [0.1, 0.15) is 25.8 Å². The lowest BCUT2D eigenvalue weighted by molar-refractivity contribution is -0.139. The predicted molar refractivity (Wildman–Crippen MR) is 91.8 cm³/mol. The van der Waals surface area contributed by atoms with Gasteiger partial charge in [0.1, 0.15) is 5.75 Å². The van der Waals surface area contributed by atoms with Crippen molar-refractivity contribution in [1.29, 1.82) is 0 Å². The molecule has 0 aliphatic rings. The van der Waals surface area contributed by atoms with Gasteiger partial charge < -0.3 is 14.2 Å². The van der Waals surface area contributed by atoms with E-state index in [9.17, 15) is 9.59 Å². The van der Waals surface area contributed by atoms with E-state index in [1.54, 1.807) is 13.8 Å². The molecule has 0 unspecified atom stereocenters. The number of ether oxygens (including phenoxy) is 3. The van der Waals surface area contributed by atoms with E-state index in [0.717, 1.165) is 11.3 Å². The Morgan fingerprint density at radius 3 is 1.96 bits per heavy atom. The van der Waals surface area contributed by atoms with Crippen LogP contribution < -0.4 is 4.74 Å². The lowest BCUT2D eigenvalue weighted by Crippen LogP contribution is -2.09. The van der Waals surface area contributed by atoms with Crippen LogP contribution in [0.3, 0.4) is 0 Å². The molecule has 0 saturated heterocycles. The van der Waals surface area contributed by atoms with Gasteiger partial charge in [-0.15, -0.1) is 0 Å². The Hall–Kier alpha value is -2.56. The highest BCUT2D eigenvalue weighted by Gasteiger charge is 2.04. The summed E-state index contributed by atoms with van der Waals surface area (Å²) in [6.07, 6.45) is 1.24. The van der Waals surface area contributed by atoms with Gasteiger partial charge in [0.15, 0.2) is 0 Å².